The number of aryl methyl sites for hydroxylation is 1. The molecule has 0 aromatic heterocycles. The van der Waals surface area contributed by atoms with Crippen LogP contribution < -0.4 is 4.74 Å². The van der Waals surface area contributed by atoms with Crippen molar-refractivity contribution in [2.45, 2.75) is 39.2 Å². The zero-order chi connectivity index (χ0) is 13.8. The number of ketones is 1. The van der Waals surface area contributed by atoms with E-state index in [4.69, 9.17) is 9.47 Å². The van der Waals surface area contributed by atoms with Crippen LogP contribution in [0.2, 0.25) is 0 Å². The highest BCUT2D eigenvalue weighted by Crippen LogP contribution is 2.27. The predicted molar refractivity (Wildman–Crippen MR) is 74.3 cm³/mol. The van der Waals surface area contributed by atoms with Crippen LogP contribution in [0.1, 0.15) is 31.4 Å². The monoisotopic (exact) mass is 260 g/mol. The van der Waals surface area contributed by atoms with Crippen LogP contribution in [0.5, 0.6) is 5.75 Å². The maximum atomic E-state index is 11.4. The molecule has 1 atom stereocenters. The molecule has 2 rings (SSSR count). The van der Waals surface area contributed by atoms with Crippen LogP contribution in [0.25, 0.3) is 0 Å². The van der Waals surface area contributed by atoms with Crippen molar-refractivity contribution >= 4 is 5.78 Å². The first-order chi connectivity index (χ1) is 9.13. The minimum absolute atomic E-state index is 0.0149. The molecule has 0 amide bonds. The molecule has 1 aromatic rings. The number of fused-ring (bicyclic) bond motifs is 1. The van der Waals surface area contributed by atoms with Gasteiger partial charge in [-0.15, -0.1) is 0 Å². The van der Waals surface area contributed by atoms with Crippen LogP contribution >= 0.6 is 0 Å². The summed E-state index contributed by atoms with van der Waals surface area (Å²) in [4.78, 5) is 11.4. The minimum Gasteiger partial charge on any atom is -0.497 e. The van der Waals surface area contributed by atoms with E-state index in [1.165, 1.54) is 18.1 Å². The Balaban J connectivity index is 2.11. The van der Waals surface area contributed by atoms with Gasteiger partial charge in [0.05, 0.1) is 7.11 Å². The van der Waals surface area contributed by atoms with Gasteiger partial charge in [-0.1, -0.05) is 6.07 Å². The van der Waals surface area contributed by atoms with E-state index < -0.39 is 0 Å². The van der Waals surface area contributed by atoms with Gasteiger partial charge >= 0.3 is 0 Å². The quantitative estimate of drug-likeness (QED) is 0.616. The lowest BCUT2D eigenvalue weighted by Crippen LogP contribution is -2.23. The molecule has 0 spiro atoms. The van der Waals surface area contributed by atoms with E-state index in [1.54, 1.807) is 13.2 Å². The number of hydrogen-bond donors (Lipinski definition) is 0. The van der Waals surface area contributed by atoms with Gasteiger partial charge in [-0.05, 0) is 49.1 Å². The first-order valence-electron chi connectivity index (χ1n) is 6.63. The van der Waals surface area contributed by atoms with Crippen molar-refractivity contribution in [1.29, 1.82) is 0 Å². The Hall–Kier alpha value is -1.77. The molecule has 3 heteroatoms. The van der Waals surface area contributed by atoms with Gasteiger partial charge in [0.2, 0.25) is 0 Å². The molecular formula is C16H20O3. The van der Waals surface area contributed by atoms with Crippen LogP contribution in [-0.2, 0) is 22.4 Å². The third-order valence-corrected chi connectivity index (χ3v) is 3.50. The summed E-state index contributed by atoms with van der Waals surface area (Å²) in [5.41, 5.74) is 2.61. The van der Waals surface area contributed by atoms with Gasteiger partial charge < -0.3 is 9.47 Å². The summed E-state index contributed by atoms with van der Waals surface area (Å²) in [7, 11) is 1.67. The zero-order valence-corrected chi connectivity index (χ0v) is 11.7. The lowest BCUT2D eigenvalue weighted by Gasteiger charge is -2.26. The Morgan fingerprint density at radius 1 is 1.37 bits per heavy atom. The number of hydrogen-bond acceptors (Lipinski definition) is 3. The third kappa shape index (κ3) is 3.16. The number of Topliss-reactive ketones (excluding diaryl/α,β-unsaturated/α-hetero) is 1. The van der Waals surface area contributed by atoms with Gasteiger partial charge in [0, 0.05) is 13.3 Å². The molecule has 3 nitrogen and oxygen atoms in total. The maximum absolute atomic E-state index is 11.4. The Kier molecular flexibility index (Phi) is 4.25. The maximum Gasteiger partial charge on any atom is 0.193 e. The van der Waals surface area contributed by atoms with E-state index in [0.717, 1.165) is 25.0 Å². The van der Waals surface area contributed by atoms with Crippen LogP contribution in [-0.4, -0.2) is 19.0 Å². The fraction of sp³-hybridized carbons (Fsp3) is 0.438. The minimum atomic E-state index is -0.0149. The van der Waals surface area contributed by atoms with Gasteiger partial charge in [-0.2, -0.15) is 0 Å². The summed E-state index contributed by atoms with van der Waals surface area (Å²) in [5, 5.41) is 0. The Morgan fingerprint density at radius 2 is 2.16 bits per heavy atom. The molecule has 1 aliphatic rings. The van der Waals surface area contributed by atoms with Crippen molar-refractivity contribution < 1.29 is 14.3 Å². The number of allylic oxidation sites excluding steroid dienone is 2. The van der Waals surface area contributed by atoms with E-state index in [-0.39, 0.29) is 11.9 Å². The van der Waals surface area contributed by atoms with Crippen LogP contribution in [0.3, 0.4) is 0 Å². The highest BCUT2D eigenvalue weighted by molar-refractivity contribution is 5.91. The molecule has 1 unspecified atom stereocenters. The van der Waals surface area contributed by atoms with E-state index in [0.29, 0.717) is 5.76 Å². The summed E-state index contributed by atoms with van der Waals surface area (Å²) in [6.45, 7) is 3.37. The molecule has 0 N–H and O–H groups in total. The molecule has 102 valence electrons. The Bertz CT molecular complexity index is 503. The number of benzene rings is 1. The summed E-state index contributed by atoms with van der Waals surface area (Å²) in [6.07, 6.45) is 4.58. The first-order valence-corrected chi connectivity index (χ1v) is 6.63. The summed E-state index contributed by atoms with van der Waals surface area (Å²) >= 11 is 0. The molecule has 1 aromatic carbocycles. The summed E-state index contributed by atoms with van der Waals surface area (Å²) in [6, 6.07) is 6.17. The van der Waals surface area contributed by atoms with Crippen molar-refractivity contribution in [3.8, 4) is 5.75 Å². The summed E-state index contributed by atoms with van der Waals surface area (Å²) < 4.78 is 11.1. The van der Waals surface area contributed by atoms with Crippen molar-refractivity contribution in [2.24, 2.45) is 0 Å². The molecule has 0 saturated carbocycles. The summed E-state index contributed by atoms with van der Waals surface area (Å²) in [5.74, 6) is 1.33. The van der Waals surface area contributed by atoms with Gasteiger partial charge in [-0.3, -0.25) is 4.79 Å². The molecule has 0 bridgehead atoms. The fourth-order valence-corrected chi connectivity index (χ4v) is 2.46. The Labute approximate surface area is 114 Å². The van der Waals surface area contributed by atoms with Crippen molar-refractivity contribution in [1.82, 2.24) is 0 Å². The molecule has 0 heterocycles. The predicted octanol–water partition coefficient (Wildman–Crippen LogP) is 3.06. The van der Waals surface area contributed by atoms with Crippen molar-refractivity contribution in [2.75, 3.05) is 7.11 Å². The number of carbonyl (C=O) groups is 1. The lowest BCUT2D eigenvalue weighted by molar-refractivity contribution is -0.118. The highest BCUT2D eigenvalue weighted by atomic mass is 16.5. The van der Waals surface area contributed by atoms with Crippen LogP contribution in [0.15, 0.2) is 30.0 Å². The average Bonchev–Trinajstić information content (AvgIpc) is 2.43. The molecular weight excluding hydrogens is 240 g/mol. The second kappa shape index (κ2) is 5.91. The van der Waals surface area contributed by atoms with E-state index in [2.05, 4.69) is 12.1 Å². The fourth-order valence-electron chi connectivity index (χ4n) is 2.46. The Morgan fingerprint density at radius 3 is 2.79 bits per heavy atom. The molecule has 1 aliphatic carbocycles. The topological polar surface area (TPSA) is 35.5 Å². The number of carbonyl (C=O) groups excluding carboxylic acids is 1. The highest BCUT2D eigenvalue weighted by Gasteiger charge is 2.22. The van der Waals surface area contributed by atoms with Gasteiger partial charge in [0.15, 0.2) is 11.5 Å². The van der Waals surface area contributed by atoms with E-state index >= 15 is 0 Å². The number of rotatable bonds is 4. The van der Waals surface area contributed by atoms with Crippen LogP contribution in [0, 0.1) is 0 Å². The van der Waals surface area contributed by atoms with Crippen molar-refractivity contribution in [3.05, 3.63) is 41.2 Å². The number of methoxy groups -OCH3 is 1. The molecule has 0 saturated heterocycles. The largest absolute Gasteiger partial charge is 0.497 e. The second-order valence-electron chi connectivity index (χ2n) is 4.83. The van der Waals surface area contributed by atoms with E-state index in [9.17, 15) is 4.79 Å². The molecule has 0 fully saturated rings. The first kappa shape index (κ1) is 13.7. The smallest absolute Gasteiger partial charge is 0.193 e. The normalized spacial score (nSPS) is 18.7. The molecule has 0 radical (unpaired) electrons. The lowest BCUT2D eigenvalue weighted by atomic mass is 9.89. The second-order valence-corrected chi connectivity index (χ2v) is 4.83. The van der Waals surface area contributed by atoms with Crippen molar-refractivity contribution in [3.63, 3.8) is 0 Å². The van der Waals surface area contributed by atoms with Gasteiger partial charge in [0.1, 0.15) is 11.9 Å². The molecule has 0 aliphatic heterocycles. The van der Waals surface area contributed by atoms with Gasteiger partial charge in [-0.25, -0.2) is 0 Å². The van der Waals surface area contributed by atoms with E-state index in [1.807, 2.05) is 13.0 Å². The van der Waals surface area contributed by atoms with Crippen LogP contribution in [0.4, 0.5) is 0 Å². The number of ether oxygens (including phenoxy) is 2. The SMILES string of the molecule is C/C=C(/OC1CCc2ccc(OC)cc2C1)C(C)=O. The zero-order valence-electron chi connectivity index (χ0n) is 11.7. The van der Waals surface area contributed by atoms with Gasteiger partial charge in [0.25, 0.3) is 0 Å². The standard InChI is InChI=1S/C16H20O3/c1-4-16(11(2)17)19-15-8-6-12-5-7-14(18-3)9-13(12)10-15/h4-5,7,9,15H,6,8,10H2,1-3H3/b16-4+. The third-order valence-electron chi connectivity index (χ3n) is 3.50. The molecule has 19 heavy (non-hydrogen) atoms. The average molecular weight is 260 g/mol.